The number of hydrogen-bond acceptors (Lipinski definition) is 15. The van der Waals surface area contributed by atoms with E-state index in [2.05, 4.69) is 15.0 Å². The standard InChI is InChI=1S/C29H31N7O11/c1-17(43-12-10-18-2-6-20(7-3-18)35(39)40)46-25-24(37)22(47-28(25)34-16-33-23-26(30)31-15-32-27(23)34)14-45-29(38)44-13-11-19-4-8-21(9-5-19)36(41)42/h2-9,15-17,22,24-25,28,37H,10-14H2,1H3,(H2,30,31,32)/t17?,22-,24-,25-,28-/m1/s1. The van der Waals surface area contributed by atoms with Crippen molar-refractivity contribution in [2.75, 3.05) is 25.6 Å². The van der Waals surface area contributed by atoms with E-state index in [0.717, 1.165) is 11.1 Å². The van der Waals surface area contributed by atoms with E-state index in [1.807, 2.05) is 0 Å². The first kappa shape index (κ1) is 33.1. The summed E-state index contributed by atoms with van der Waals surface area (Å²) < 4.78 is 29.8. The van der Waals surface area contributed by atoms with Crippen LogP contribution in [0.2, 0.25) is 0 Å². The number of nitro benzene ring substituents is 2. The number of nitro groups is 2. The molecule has 0 saturated carbocycles. The molecule has 18 heteroatoms. The minimum atomic E-state index is -1.30. The van der Waals surface area contributed by atoms with E-state index in [9.17, 15) is 30.1 Å². The highest BCUT2D eigenvalue weighted by Gasteiger charge is 2.47. The maximum Gasteiger partial charge on any atom is 0.508 e. The van der Waals surface area contributed by atoms with Gasteiger partial charge in [-0.25, -0.2) is 19.7 Å². The number of nitrogens with two attached hydrogens (primary N) is 1. The van der Waals surface area contributed by atoms with E-state index >= 15 is 0 Å². The van der Waals surface area contributed by atoms with E-state index in [-0.39, 0.29) is 37.0 Å². The molecular weight excluding hydrogens is 622 g/mol. The van der Waals surface area contributed by atoms with E-state index < -0.39 is 46.8 Å². The summed E-state index contributed by atoms with van der Waals surface area (Å²) in [6.45, 7) is 1.42. The topological polar surface area (TPSA) is 239 Å². The van der Waals surface area contributed by atoms with Crippen molar-refractivity contribution in [1.29, 1.82) is 0 Å². The molecule has 248 valence electrons. The first-order valence-corrected chi connectivity index (χ1v) is 14.4. The molecule has 1 fully saturated rings. The lowest BCUT2D eigenvalue weighted by Gasteiger charge is -2.25. The number of carbonyl (C=O) groups excluding carboxylic acids is 1. The van der Waals surface area contributed by atoms with E-state index in [1.165, 1.54) is 41.5 Å². The van der Waals surface area contributed by atoms with Crippen LogP contribution in [-0.2, 0) is 36.5 Å². The van der Waals surface area contributed by atoms with Crippen LogP contribution in [0.1, 0.15) is 24.3 Å². The fourth-order valence-electron chi connectivity index (χ4n) is 4.90. The lowest BCUT2D eigenvalue weighted by Crippen LogP contribution is -2.38. The van der Waals surface area contributed by atoms with Crippen LogP contribution in [0.3, 0.4) is 0 Å². The fourth-order valence-corrected chi connectivity index (χ4v) is 4.90. The monoisotopic (exact) mass is 653 g/mol. The number of aromatic nitrogens is 4. The Hall–Kier alpha value is -5.30. The third kappa shape index (κ3) is 8.11. The van der Waals surface area contributed by atoms with Crippen molar-refractivity contribution in [2.45, 2.75) is 50.6 Å². The van der Waals surface area contributed by atoms with Gasteiger partial charge in [0.15, 0.2) is 24.0 Å². The predicted octanol–water partition coefficient (Wildman–Crippen LogP) is 2.87. The zero-order valence-electron chi connectivity index (χ0n) is 25.0. The van der Waals surface area contributed by atoms with E-state index in [4.69, 9.17) is 29.4 Å². The van der Waals surface area contributed by atoms with Gasteiger partial charge in [-0.15, -0.1) is 0 Å². The zero-order chi connectivity index (χ0) is 33.5. The van der Waals surface area contributed by atoms with Gasteiger partial charge in [-0.2, -0.15) is 0 Å². The lowest BCUT2D eigenvalue weighted by atomic mass is 10.1. The summed E-state index contributed by atoms with van der Waals surface area (Å²) in [5, 5.41) is 32.9. The third-order valence-electron chi connectivity index (χ3n) is 7.34. The summed E-state index contributed by atoms with van der Waals surface area (Å²) in [4.78, 5) is 45.5. The average molecular weight is 654 g/mol. The molecule has 1 unspecified atom stereocenters. The Morgan fingerprint density at radius 2 is 1.60 bits per heavy atom. The van der Waals surface area contributed by atoms with Crippen LogP contribution in [0.25, 0.3) is 11.2 Å². The SMILES string of the molecule is CC(OCCc1ccc([N+](=O)[O-])cc1)O[C@@H]1[C@H](O)[C@@H](COC(=O)OCCc2ccc([N+](=O)[O-])cc2)O[C@H]1n1cnc2c(N)ncnc21. The number of imidazole rings is 1. The number of rotatable bonds is 14. The van der Waals surface area contributed by atoms with Gasteiger partial charge in [0.2, 0.25) is 0 Å². The third-order valence-corrected chi connectivity index (χ3v) is 7.34. The molecule has 3 heterocycles. The minimum absolute atomic E-state index is 0.0132. The molecule has 2 aromatic heterocycles. The van der Waals surface area contributed by atoms with Gasteiger partial charge in [0.05, 0.1) is 29.4 Å². The van der Waals surface area contributed by atoms with Crippen molar-refractivity contribution in [1.82, 2.24) is 19.5 Å². The molecule has 0 spiro atoms. The Balaban J connectivity index is 1.19. The Morgan fingerprint density at radius 3 is 2.21 bits per heavy atom. The van der Waals surface area contributed by atoms with Gasteiger partial charge in [-0.1, -0.05) is 24.3 Å². The van der Waals surface area contributed by atoms with Crippen LogP contribution in [-0.4, -0.2) is 85.1 Å². The van der Waals surface area contributed by atoms with Gasteiger partial charge in [0.1, 0.15) is 36.8 Å². The molecule has 4 aromatic rings. The first-order chi connectivity index (χ1) is 22.6. The van der Waals surface area contributed by atoms with Gasteiger partial charge in [-0.05, 0) is 24.5 Å². The second-order valence-corrected chi connectivity index (χ2v) is 10.4. The van der Waals surface area contributed by atoms with Crippen molar-refractivity contribution in [2.24, 2.45) is 0 Å². The smallest absolute Gasteiger partial charge is 0.434 e. The van der Waals surface area contributed by atoms with Crippen LogP contribution in [0.5, 0.6) is 0 Å². The number of anilines is 1. The van der Waals surface area contributed by atoms with Crippen LogP contribution in [0.15, 0.2) is 61.2 Å². The first-order valence-electron chi connectivity index (χ1n) is 14.4. The quantitative estimate of drug-likeness (QED) is 0.0860. The number of nitrogen functional groups attached to an aromatic ring is 1. The van der Waals surface area contributed by atoms with Crippen molar-refractivity contribution < 1.29 is 43.4 Å². The molecule has 47 heavy (non-hydrogen) atoms. The summed E-state index contributed by atoms with van der Waals surface area (Å²) in [6.07, 6.45) is -2.79. The largest absolute Gasteiger partial charge is 0.508 e. The molecule has 1 saturated heterocycles. The molecule has 1 aliphatic rings. The lowest BCUT2D eigenvalue weighted by molar-refractivity contribution is -0.385. The highest BCUT2D eigenvalue weighted by molar-refractivity contribution is 5.81. The number of hydrogen-bond donors (Lipinski definition) is 2. The van der Waals surface area contributed by atoms with Crippen LogP contribution in [0.4, 0.5) is 22.0 Å². The molecule has 5 atom stereocenters. The molecule has 1 aliphatic heterocycles. The average Bonchev–Trinajstić information content (AvgIpc) is 3.62. The molecule has 0 radical (unpaired) electrons. The number of carbonyl (C=O) groups is 1. The zero-order valence-corrected chi connectivity index (χ0v) is 25.0. The van der Waals surface area contributed by atoms with Crippen LogP contribution in [0, 0.1) is 20.2 Å². The Bertz CT molecular complexity index is 1700. The minimum Gasteiger partial charge on any atom is -0.434 e. The maximum absolute atomic E-state index is 12.3. The number of benzene rings is 2. The fraction of sp³-hybridized carbons (Fsp3) is 0.379. The van der Waals surface area contributed by atoms with Crippen LogP contribution >= 0.6 is 0 Å². The normalized spacial score (nSPS) is 19.8. The maximum atomic E-state index is 12.3. The molecule has 0 aliphatic carbocycles. The van der Waals surface area contributed by atoms with Gasteiger partial charge >= 0.3 is 6.16 Å². The van der Waals surface area contributed by atoms with Crippen molar-refractivity contribution >= 4 is 34.5 Å². The molecule has 2 aromatic carbocycles. The predicted molar refractivity (Wildman–Crippen MR) is 161 cm³/mol. The van der Waals surface area contributed by atoms with Gasteiger partial charge in [0, 0.05) is 30.7 Å². The van der Waals surface area contributed by atoms with Gasteiger partial charge in [0.25, 0.3) is 11.4 Å². The van der Waals surface area contributed by atoms with Gasteiger partial charge in [-0.3, -0.25) is 24.8 Å². The highest BCUT2D eigenvalue weighted by Crippen LogP contribution is 2.35. The summed E-state index contributed by atoms with van der Waals surface area (Å²) in [5.74, 6) is 0.143. The van der Waals surface area contributed by atoms with E-state index in [1.54, 1.807) is 31.2 Å². The molecular formula is C29H31N7O11. The molecule has 18 nitrogen and oxygen atoms in total. The summed E-state index contributed by atoms with van der Waals surface area (Å²) in [5.41, 5.74) is 8.06. The van der Waals surface area contributed by atoms with E-state index in [0.29, 0.717) is 24.0 Å². The highest BCUT2D eigenvalue weighted by atomic mass is 16.7. The Labute approximate surface area is 266 Å². The second-order valence-electron chi connectivity index (χ2n) is 10.4. The summed E-state index contributed by atoms with van der Waals surface area (Å²) >= 11 is 0. The number of aliphatic hydroxyl groups is 1. The second kappa shape index (κ2) is 14.9. The summed E-state index contributed by atoms with van der Waals surface area (Å²) in [6, 6.07) is 11.9. The molecule has 0 bridgehead atoms. The molecule has 3 N–H and O–H groups in total. The van der Waals surface area contributed by atoms with Gasteiger partial charge < -0.3 is 34.5 Å². The van der Waals surface area contributed by atoms with Crippen molar-refractivity contribution in [3.8, 4) is 0 Å². The van der Waals surface area contributed by atoms with Crippen LogP contribution < -0.4 is 5.73 Å². The number of nitrogens with zero attached hydrogens (tertiary/aromatic N) is 6. The molecule has 5 rings (SSSR count). The number of fused-ring (bicyclic) bond motifs is 1. The summed E-state index contributed by atoms with van der Waals surface area (Å²) in [7, 11) is 0. The number of non-ortho nitro benzene ring substituents is 2. The van der Waals surface area contributed by atoms with Crippen molar-refractivity contribution in [3.05, 3.63) is 92.5 Å². The van der Waals surface area contributed by atoms with Crippen molar-refractivity contribution in [3.63, 3.8) is 0 Å². The Kier molecular flexibility index (Phi) is 10.5. The molecule has 0 amide bonds. The Morgan fingerprint density at radius 1 is 0.979 bits per heavy atom. The number of ether oxygens (including phenoxy) is 5. The number of aliphatic hydroxyl groups excluding tert-OH is 1.